The van der Waals surface area contributed by atoms with Gasteiger partial charge in [0.25, 0.3) is 0 Å². The molecular weight excluding hydrogens is 483 g/mol. The smallest absolute Gasteiger partial charge is 0.244 e. The maximum atomic E-state index is 12.9. The second kappa shape index (κ2) is 8.58. The molecule has 0 aliphatic carbocycles. The van der Waals surface area contributed by atoms with Crippen molar-refractivity contribution in [3.63, 3.8) is 0 Å². The lowest BCUT2D eigenvalue weighted by Crippen LogP contribution is -2.50. The van der Waals surface area contributed by atoms with Crippen molar-refractivity contribution in [2.45, 2.75) is 9.79 Å². The van der Waals surface area contributed by atoms with Crippen molar-refractivity contribution in [3.8, 4) is 5.75 Å². The summed E-state index contributed by atoms with van der Waals surface area (Å²) in [6.45, 7) is -0.0261. The van der Waals surface area contributed by atoms with Crippen molar-refractivity contribution < 1.29 is 21.6 Å². The minimum absolute atomic E-state index is 0.00648. The van der Waals surface area contributed by atoms with E-state index in [2.05, 4.69) is 0 Å². The summed E-state index contributed by atoms with van der Waals surface area (Å²) in [5.41, 5.74) is 0. The number of benzene rings is 2. The first-order valence-corrected chi connectivity index (χ1v) is 12.4. The Balaban J connectivity index is 1.78. The van der Waals surface area contributed by atoms with Crippen molar-refractivity contribution in [1.29, 1.82) is 0 Å². The highest BCUT2D eigenvalue weighted by atomic mass is 35.5. The number of hydrogen-bond donors (Lipinski definition) is 0. The molecule has 29 heavy (non-hydrogen) atoms. The number of sulfonamides is 2. The normalized spacial score (nSPS) is 16.7. The monoisotopic (exact) mass is 498 g/mol. The van der Waals surface area contributed by atoms with Crippen molar-refractivity contribution in [3.05, 3.63) is 51.5 Å². The Morgan fingerprint density at radius 1 is 0.759 bits per heavy atom. The molecule has 1 aliphatic heterocycles. The van der Waals surface area contributed by atoms with Gasteiger partial charge in [0.1, 0.15) is 10.6 Å². The summed E-state index contributed by atoms with van der Waals surface area (Å²) in [5.74, 6) is 0.540. The van der Waals surface area contributed by atoms with Gasteiger partial charge in [0.15, 0.2) is 0 Å². The summed E-state index contributed by atoms with van der Waals surface area (Å²) in [5, 5.41) is 0.161. The Hall–Kier alpha value is -1.07. The van der Waals surface area contributed by atoms with E-state index in [1.165, 1.54) is 40.0 Å². The fourth-order valence-electron chi connectivity index (χ4n) is 2.89. The first-order valence-electron chi connectivity index (χ1n) is 8.36. The lowest BCUT2D eigenvalue weighted by atomic mass is 10.3. The van der Waals surface area contributed by atoms with Gasteiger partial charge in [-0.3, -0.25) is 0 Å². The highest BCUT2D eigenvalue weighted by Gasteiger charge is 2.35. The summed E-state index contributed by atoms with van der Waals surface area (Å²) in [7, 11) is -6.21. The number of rotatable bonds is 5. The third-order valence-electron chi connectivity index (χ3n) is 4.49. The van der Waals surface area contributed by atoms with Crippen LogP contribution in [0, 0.1) is 0 Å². The van der Waals surface area contributed by atoms with Crippen molar-refractivity contribution in [2.75, 3.05) is 33.3 Å². The van der Waals surface area contributed by atoms with E-state index in [9.17, 15) is 16.8 Å². The van der Waals surface area contributed by atoms with Gasteiger partial charge in [0.2, 0.25) is 20.0 Å². The molecule has 1 aliphatic rings. The molecule has 3 rings (SSSR count). The van der Waals surface area contributed by atoms with Crippen LogP contribution >= 0.6 is 34.8 Å². The molecule has 1 saturated heterocycles. The largest absolute Gasteiger partial charge is 0.497 e. The van der Waals surface area contributed by atoms with Crippen LogP contribution in [0.4, 0.5) is 0 Å². The number of ether oxygens (including phenoxy) is 1. The quantitative estimate of drug-likeness (QED) is 0.589. The molecule has 0 unspecified atom stereocenters. The summed E-state index contributed by atoms with van der Waals surface area (Å²) < 4.78 is 58.9. The predicted molar refractivity (Wildman–Crippen MR) is 112 cm³/mol. The van der Waals surface area contributed by atoms with Gasteiger partial charge < -0.3 is 4.74 Å². The zero-order valence-electron chi connectivity index (χ0n) is 15.2. The zero-order chi connectivity index (χ0) is 21.4. The van der Waals surface area contributed by atoms with Crippen LogP contribution in [0.15, 0.2) is 46.2 Å². The van der Waals surface area contributed by atoms with Gasteiger partial charge in [0.05, 0.1) is 27.1 Å². The highest BCUT2D eigenvalue weighted by Crippen LogP contribution is 2.33. The van der Waals surface area contributed by atoms with Gasteiger partial charge in [-0.2, -0.15) is 8.61 Å². The van der Waals surface area contributed by atoms with E-state index in [0.29, 0.717) is 5.75 Å². The van der Waals surface area contributed by atoms with E-state index in [1.807, 2.05) is 0 Å². The molecule has 2 aromatic carbocycles. The fourth-order valence-corrected chi connectivity index (χ4v) is 6.71. The molecular formula is C17H17Cl3N2O5S2. The number of hydrogen-bond acceptors (Lipinski definition) is 5. The molecule has 0 bridgehead atoms. The average Bonchev–Trinajstić information content (AvgIpc) is 2.70. The molecule has 1 heterocycles. The van der Waals surface area contributed by atoms with Gasteiger partial charge in [-0.05, 0) is 36.4 Å². The lowest BCUT2D eigenvalue weighted by molar-refractivity contribution is 0.273. The third-order valence-corrected chi connectivity index (χ3v) is 9.49. The van der Waals surface area contributed by atoms with Crippen LogP contribution in [0.3, 0.4) is 0 Å². The van der Waals surface area contributed by atoms with Gasteiger partial charge in [-0.1, -0.05) is 34.8 Å². The zero-order valence-corrected chi connectivity index (χ0v) is 19.1. The molecule has 0 radical (unpaired) electrons. The molecule has 0 aromatic heterocycles. The number of nitrogens with zero attached hydrogens (tertiary/aromatic N) is 2. The van der Waals surface area contributed by atoms with E-state index in [4.69, 9.17) is 39.5 Å². The van der Waals surface area contributed by atoms with Gasteiger partial charge >= 0.3 is 0 Å². The minimum Gasteiger partial charge on any atom is -0.497 e. The summed E-state index contributed by atoms with van der Waals surface area (Å²) >= 11 is 17.8. The second-order valence-electron chi connectivity index (χ2n) is 6.18. The molecule has 0 atom stereocenters. The van der Waals surface area contributed by atoms with Crippen LogP contribution in [0.2, 0.25) is 15.1 Å². The van der Waals surface area contributed by atoms with E-state index in [0.717, 1.165) is 0 Å². The summed E-state index contributed by atoms with van der Waals surface area (Å²) in [6, 6.07) is 8.48. The van der Waals surface area contributed by atoms with Crippen LogP contribution in [-0.2, 0) is 20.0 Å². The highest BCUT2D eigenvalue weighted by molar-refractivity contribution is 7.89. The second-order valence-corrected chi connectivity index (χ2v) is 11.2. The number of piperazine rings is 1. The van der Waals surface area contributed by atoms with Crippen molar-refractivity contribution in [1.82, 2.24) is 8.61 Å². The van der Waals surface area contributed by atoms with Crippen LogP contribution in [0.25, 0.3) is 0 Å². The number of methoxy groups -OCH3 is 1. The van der Waals surface area contributed by atoms with Crippen LogP contribution in [0.5, 0.6) is 5.75 Å². The Morgan fingerprint density at radius 3 is 1.76 bits per heavy atom. The first-order chi connectivity index (χ1) is 13.6. The Bertz CT molecular complexity index is 1110. The summed E-state index contributed by atoms with van der Waals surface area (Å²) in [4.78, 5) is -0.0536. The topological polar surface area (TPSA) is 84.0 Å². The molecule has 0 amide bonds. The molecule has 158 valence electrons. The van der Waals surface area contributed by atoms with E-state index in [-0.39, 0.29) is 51.0 Å². The van der Waals surface area contributed by atoms with Gasteiger partial charge in [-0.15, -0.1) is 0 Å². The van der Waals surface area contributed by atoms with Gasteiger partial charge in [-0.25, -0.2) is 16.8 Å². The standard InChI is InChI=1S/C17H17Cl3N2O5S2/c1-27-12-2-4-13(5-3-12)28(23,24)21-6-8-22(9-7-21)29(25,26)17-11-15(19)14(18)10-16(17)20/h2-5,10-11H,6-9H2,1H3. The molecule has 7 nitrogen and oxygen atoms in total. The van der Waals surface area contributed by atoms with Crippen LogP contribution in [0.1, 0.15) is 0 Å². The Morgan fingerprint density at radius 2 is 1.24 bits per heavy atom. The lowest BCUT2D eigenvalue weighted by Gasteiger charge is -2.33. The molecule has 0 saturated carbocycles. The minimum atomic E-state index is -3.95. The van der Waals surface area contributed by atoms with Crippen LogP contribution in [-0.4, -0.2) is 58.7 Å². The van der Waals surface area contributed by atoms with Gasteiger partial charge in [0, 0.05) is 26.2 Å². The molecule has 12 heteroatoms. The average molecular weight is 500 g/mol. The first kappa shape index (κ1) is 22.6. The van der Waals surface area contributed by atoms with Crippen molar-refractivity contribution >= 4 is 54.8 Å². The Kier molecular flexibility index (Phi) is 6.69. The molecule has 0 spiro atoms. The SMILES string of the molecule is COc1ccc(S(=O)(=O)N2CCN(S(=O)(=O)c3cc(Cl)c(Cl)cc3Cl)CC2)cc1. The predicted octanol–water partition coefficient (Wildman–Crippen LogP) is 3.35. The van der Waals surface area contributed by atoms with Crippen molar-refractivity contribution in [2.24, 2.45) is 0 Å². The molecule has 1 fully saturated rings. The van der Waals surface area contributed by atoms with E-state index < -0.39 is 20.0 Å². The number of halogens is 3. The maximum absolute atomic E-state index is 12.9. The van der Waals surface area contributed by atoms with E-state index >= 15 is 0 Å². The Labute approximate surface area is 184 Å². The third kappa shape index (κ3) is 4.51. The molecule has 2 aromatic rings. The maximum Gasteiger partial charge on any atom is 0.244 e. The molecule has 0 N–H and O–H groups in total. The van der Waals surface area contributed by atoms with E-state index in [1.54, 1.807) is 12.1 Å². The van der Waals surface area contributed by atoms with Crippen LogP contribution < -0.4 is 4.74 Å². The summed E-state index contributed by atoms with van der Waals surface area (Å²) in [6.07, 6.45) is 0. The fraction of sp³-hybridized carbons (Fsp3) is 0.294.